The third kappa shape index (κ3) is 4.53. The minimum Gasteiger partial charge on any atom is -0.414 e. The third-order valence-electron chi connectivity index (χ3n) is 7.98. The normalized spacial score (nSPS) is 27.9. The second-order valence-electron chi connectivity index (χ2n) is 12.4. The van der Waals surface area contributed by atoms with Crippen molar-refractivity contribution in [3.8, 4) is 0 Å². The van der Waals surface area contributed by atoms with Gasteiger partial charge in [-0.15, -0.1) is 0 Å². The summed E-state index contributed by atoms with van der Waals surface area (Å²) in [6, 6.07) is 1.32. The Bertz CT molecular complexity index is 1100. The molecule has 0 aromatic carbocycles. The topological polar surface area (TPSA) is 103 Å². The van der Waals surface area contributed by atoms with Crippen LogP contribution in [0.15, 0.2) is 20.1 Å². The standard InChI is InChI=1S/C23H39BrN2O6Si2/c1-21(2,3)33(7,8)30-13-15-18(32-34(9,10)22(4,5)6)19(28)23(31-15)16(24)11-14-12-17(27)25-20(29)26(14)23/h11-12,15,18-19,28H,13H2,1-10H3,(H,25,27,29)/t15-,18-,19-,23-/m1/s1. The molecule has 1 aromatic rings. The number of ether oxygens (including phenoxy) is 1. The first-order valence-corrected chi connectivity index (χ1v) is 18.3. The molecule has 1 saturated heterocycles. The van der Waals surface area contributed by atoms with Crippen molar-refractivity contribution in [1.29, 1.82) is 0 Å². The van der Waals surface area contributed by atoms with Crippen LogP contribution in [0.4, 0.5) is 0 Å². The number of aromatic amines is 1. The van der Waals surface area contributed by atoms with Crippen molar-refractivity contribution in [2.75, 3.05) is 6.61 Å². The first-order valence-electron chi connectivity index (χ1n) is 11.7. The van der Waals surface area contributed by atoms with E-state index in [1.165, 1.54) is 10.6 Å². The second kappa shape index (κ2) is 8.64. The van der Waals surface area contributed by atoms with E-state index in [1.807, 2.05) is 0 Å². The lowest BCUT2D eigenvalue weighted by Crippen LogP contribution is -2.54. The van der Waals surface area contributed by atoms with E-state index < -0.39 is 51.9 Å². The maximum Gasteiger partial charge on any atom is 0.331 e. The average Bonchev–Trinajstić information content (AvgIpc) is 3.07. The molecule has 0 saturated carbocycles. The summed E-state index contributed by atoms with van der Waals surface area (Å²) in [6.45, 7) is 21.7. The molecule has 3 heterocycles. The molecule has 1 fully saturated rings. The Morgan fingerprint density at radius 3 is 2.21 bits per heavy atom. The quantitative estimate of drug-likeness (QED) is 0.513. The van der Waals surface area contributed by atoms with Gasteiger partial charge in [0.15, 0.2) is 16.6 Å². The van der Waals surface area contributed by atoms with Gasteiger partial charge in [-0.3, -0.25) is 14.3 Å². The van der Waals surface area contributed by atoms with Crippen LogP contribution in [0.1, 0.15) is 47.2 Å². The van der Waals surface area contributed by atoms with Gasteiger partial charge in [-0.1, -0.05) is 57.5 Å². The van der Waals surface area contributed by atoms with E-state index in [2.05, 4.69) is 88.6 Å². The van der Waals surface area contributed by atoms with Gasteiger partial charge in [-0.2, -0.15) is 0 Å². The number of hydrogen-bond donors (Lipinski definition) is 2. The number of nitrogens with one attached hydrogen (secondary N) is 1. The van der Waals surface area contributed by atoms with Gasteiger partial charge in [0, 0.05) is 6.07 Å². The van der Waals surface area contributed by atoms with Crippen molar-refractivity contribution < 1.29 is 18.7 Å². The minimum atomic E-state index is -2.33. The van der Waals surface area contributed by atoms with Crippen molar-refractivity contribution in [1.82, 2.24) is 9.55 Å². The number of aromatic nitrogens is 2. The van der Waals surface area contributed by atoms with Gasteiger partial charge in [0.1, 0.15) is 18.3 Å². The molecule has 34 heavy (non-hydrogen) atoms. The van der Waals surface area contributed by atoms with Crippen LogP contribution in [-0.2, 0) is 19.3 Å². The predicted octanol–water partition coefficient (Wildman–Crippen LogP) is 4.11. The van der Waals surface area contributed by atoms with Gasteiger partial charge in [0.2, 0.25) is 5.72 Å². The number of halogens is 1. The highest BCUT2D eigenvalue weighted by atomic mass is 79.9. The Hall–Kier alpha value is -0.826. The SMILES string of the molecule is CC(C)(C)[Si](C)(C)OC[C@H]1O[C@]2(C(Br)=Cc3cc(=O)[nH]c(=O)n32)[C@H](O)[C@@H]1O[Si](C)(C)C(C)(C)C. The monoisotopic (exact) mass is 574 g/mol. The molecule has 192 valence electrons. The summed E-state index contributed by atoms with van der Waals surface area (Å²) in [5, 5.41) is 11.6. The fraction of sp³-hybridized carbons (Fsp3) is 0.739. The number of nitrogens with zero attached hydrogens (tertiary/aromatic N) is 1. The summed E-state index contributed by atoms with van der Waals surface area (Å²) in [7, 11) is -4.46. The van der Waals surface area contributed by atoms with Gasteiger partial charge in [-0.25, -0.2) is 4.79 Å². The van der Waals surface area contributed by atoms with E-state index in [-0.39, 0.29) is 16.7 Å². The molecule has 0 bridgehead atoms. The molecule has 8 nitrogen and oxygen atoms in total. The average molecular weight is 576 g/mol. The first kappa shape index (κ1) is 27.8. The summed E-state index contributed by atoms with van der Waals surface area (Å²) < 4.78 is 21.5. The van der Waals surface area contributed by atoms with Crippen LogP contribution in [0.25, 0.3) is 6.08 Å². The number of aliphatic hydroxyl groups is 1. The fourth-order valence-corrected chi connectivity index (χ4v) is 6.84. The van der Waals surface area contributed by atoms with Crippen molar-refractivity contribution >= 4 is 38.6 Å². The lowest BCUT2D eigenvalue weighted by Gasteiger charge is -2.41. The third-order valence-corrected chi connectivity index (χ3v) is 17.8. The molecule has 0 unspecified atom stereocenters. The van der Waals surface area contributed by atoms with Crippen molar-refractivity contribution in [2.45, 2.75) is 102 Å². The van der Waals surface area contributed by atoms with Crippen LogP contribution in [-0.4, -0.2) is 56.2 Å². The number of fused-ring (bicyclic) bond motifs is 2. The van der Waals surface area contributed by atoms with Gasteiger partial charge in [0.25, 0.3) is 5.56 Å². The summed E-state index contributed by atoms with van der Waals surface area (Å²) >= 11 is 3.52. The second-order valence-corrected chi connectivity index (χ2v) is 22.8. The Morgan fingerprint density at radius 2 is 1.68 bits per heavy atom. The molecule has 2 aliphatic heterocycles. The number of hydrogen-bond acceptors (Lipinski definition) is 6. The molecule has 4 atom stereocenters. The lowest BCUT2D eigenvalue weighted by molar-refractivity contribution is -0.113. The van der Waals surface area contributed by atoms with E-state index >= 15 is 0 Å². The zero-order valence-electron chi connectivity index (χ0n) is 21.9. The fourth-order valence-electron chi connectivity index (χ4n) is 3.77. The zero-order valence-corrected chi connectivity index (χ0v) is 25.5. The van der Waals surface area contributed by atoms with Crippen molar-refractivity contribution in [3.05, 3.63) is 37.1 Å². The minimum absolute atomic E-state index is 0.00540. The highest BCUT2D eigenvalue weighted by Crippen LogP contribution is 2.50. The molecular weight excluding hydrogens is 536 g/mol. The summed E-state index contributed by atoms with van der Waals surface area (Å²) in [5.41, 5.74) is -2.34. The molecule has 2 N–H and O–H groups in total. The molecule has 1 aromatic heterocycles. The van der Waals surface area contributed by atoms with Gasteiger partial charge in [-0.05, 0) is 42.3 Å². The van der Waals surface area contributed by atoms with E-state index in [1.54, 1.807) is 6.08 Å². The summed E-state index contributed by atoms with van der Waals surface area (Å²) in [6.07, 6.45) is -0.911. The molecule has 0 amide bonds. The Labute approximate surface area is 212 Å². The highest BCUT2D eigenvalue weighted by molar-refractivity contribution is 9.11. The Morgan fingerprint density at radius 1 is 1.12 bits per heavy atom. The largest absolute Gasteiger partial charge is 0.414 e. The number of aliphatic hydroxyl groups excluding tert-OH is 1. The Kier molecular flexibility index (Phi) is 7.05. The van der Waals surface area contributed by atoms with Gasteiger partial charge >= 0.3 is 5.69 Å². The van der Waals surface area contributed by atoms with E-state index in [4.69, 9.17) is 13.6 Å². The van der Waals surface area contributed by atoms with Crippen LogP contribution >= 0.6 is 15.9 Å². The maximum atomic E-state index is 12.9. The van der Waals surface area contributed by atoms with Crippen molar-refractivity contribution in [3.63, 3.8) is 0 Å². The van der Waals surface area contributed by atoms with Crippen LogP contribution in [0.5, 0.6) is 0 Å². The molecule has 3 rings (SSSR count). The highest BCUT2D eigenvalue weighted by Gasteiger charge is 2.62. The molecule has 0 radical (unpaired) electrons. The molecule has 2 aliphatic rings. The lowest BCUT2D eigenvalue weighted by atomic mass is 10.0. The first-order chi connectivity index (χ1) is 15.2. The van der Waals surface area contributed by atoms with Crippen molar-refractivity contribution in [2.24, 2.45) is 0 Å². The van der Waals surface area contributed by atoms with E-state index in [0.29, 0.717) is 10.2 Å². The smallest absolute Gasteiger partial charge is 0.331 e. The summed E-state index contributed by atoms with van der Waals surface area (Å²) in [4.78, 5) is 27.1. The predicted molar refractivity (Wildman–Crippen MR) is 142 cm³/mol. The number of H-pyrrole nitrogens is 1. The zero-order chi connectivity index (χ0) is 26.1. The van der Waals surface area contributed by atoms with Crippen LogP contribution in [0.3, 0.4) is 0 Å². The van der Waals surface area contributed by atoms with E-state index in [9.17, 15) is 14.7 Å². The Balaban J connectivity index is 2.08. The molecule has 0 aliphatic carbocycles. The van der Waals surface area contributed by atoms with Crippen LogP contribution in [0.2, 0.25) is 36.3 Å². The van der Waals surface area contributed by atoms with Crippen LogP contribution in [0, 0.1) is 0 Å². The molecule has 1 spiro atoms. The van der Waals surface area contributed by atoms with Gasteiger partial charge in [0.05, 0.1) is 16.8 Å². The molecule has 11 heteroatoms. The number of rotatable bonds is 5. The maximum absolute atomic E-state index is 12.9. The van der Waals surface area contributed by atoms with Gasteiger partial charge < -0.3 is 18.7 Å². The summed E-state index contributed by atoms with van der Waals surface area (Å²) in [5.74, 6) is 0. The van der Waals surface area contributed by atoms with Crippen LogP contribution < -0.4 is 11.2 Å². The van der Waals surface area contributed by atoms with E-state index in [0.717, 1.165) is 0 Å². The molecular formula is C23H39BrN2O6Si2.